The molecule has 1 heterocycles. The van der Waals surface area contributed by atoms with Crippen molar-refractivity contribution >= 4 is 12.4 Å². The van der Waals surface area contributed by atoms with E-state index in [1.807, 2.05) is 0 Å². The molecule has 0 aliphatic carbocycles. The number of piperidine rings is 1. The van der Waals surface area contributed by atoms with Crippen molar-refractivity contribution < 1.29 is 19.4 Å². The molecule has 5 nitrogen and oxygen atoms in total. The molecular weight excluding hydrogens is 210 g/mol. The van der Waals surface area contributed by atoms with Gasteiger partial charge in [0.25, 0.3) is 0 Å². The summed E-state index contributed by atoms with van der Waals surface area (Å²) < 4.78 is 4.35. The van der Waals surface area contributed by atoms with Crippen molar-refractivity contribution in [1.82, 2.24) is 5.32 Å². The van der Waals surface area contributed by atoms with Crippen LogP contribution in [-0.4, -0.2) is 36.2 Å². The molecule has 0 unspecified atom stereocenters. The zero-order valence-corrected chi connectivity index (χ0v) is 10.2. The first-order valence-corrected chi connectivity index (χ1v) is 5.43. The lowest BCUT2D eigenvalue weighted by Gasteiger charge is -2.16. The number of hydrogen-bond acceptors (Lipinski definition) is 4. The Morgan fingerprint density at radius 1 is 1.38 bits per heavy atom. The maximum Gasteiger partial charge on any atom is 0.506 e. The first kappa shape index (κ1) is 14.9. The van der Waals surface area contributed by atoms with Crippen molar-refractivity contribution in [2.24, 2.45) is 5.92 Å². The fraction of sp³-hybridized carbons (Fsp3) is 0.818. The molecule has 0 saturated carbocycles. The minimum Gasteiger partial charge on any atom is -0.450 e. The van der Waals surface area contributed by atoms with Gasteiger partial charge in [-0.1, -0.05) is 0 Å². The van der Waals surface area contributed by atoms with E-state index in [-0.39, 0.29) is 0 Å². The predicted octanol–water partition coefficient (Wildman–Crippen LogP) is 1.66. The van der Waals surface area contributed by atoms with Gasteiger partial charge >= 0.3 is 6.16 Å². The van der Waals surface area contributed by atoms with Gasteiger partial charge in [-0.15, -0.1) is 0 Å². The fourth-order valence-corrected chi connectivity index (χ4v) is 1.24. The number of aldehydes is 1. The molecule has 0 aromatic heterocycles. The normalized spacial score (nSPS) is 16.9. The molecule has 1 rings (SSSR count). The van der Waals surface area contributed by atoms with E-state index >= 15 is 0 Å². The highest BCUT2D eigenvalue weighted by Gasteiger charge is 2.14. The smallest absolute Gasteiger partial charge is 0.450 e. The van der Waals surface area contributed by atoms with Gasteiger partial charge in [0, 0.05) is 5.92 Å². The summed E-state index contributed by atoms with van der Waals surface area (Å²) in [5.74, 6) is 0.344. The fourth-order valence-electron chi connectivity index (χ4n) is 1.24. The molecule has 1 fully saturated rings. The molecular formula is C11H21NO4. The van der Waals surface area contributed by atoms with E-state index in [1.54, 1.807) is 20.8 Å². The SMILES string of the molecule is CC(C)(C)OC(=O)O.O=CC1CCNCC1. The van der Waals surface area contributed by atoms with Crippen molar-refractivity contribution in [2.75, 3.05) is 13.1 Å². The highest BCUT2D eigenvalue weighted by Crippen LogP contribution is 2.06. The van der Waals surface area contributed by atoms with Gasteiger partial charge in [-0.25, -0.2) is 4.79 Å². The summed E-state index contributed by atoms with van der Waals surface area (Å²) in [6.07, 6.45) is 1.91. The summed E-state index contributed by atoms with van der Waals surface area (Å²) in [4.78, 5) is 19.9. The highest BCUT2D eigenvalue weighted by atomic mass is 16.7. The third kappa shape index (κ3) is 9.45. The van der Waals surface area contributed by atoms with Crippen LogP contribution in [0.5, 0.6) is 0 Å². The lowest BCUT2D eigenvalue weighted by atomic mass is 10.0. The number of carboxylic acid groups (broad SMARTS) is 1. The Morgan fingerprint density at radius 2 is 1.88 bits per heavy atom. The minimum absolute atomic E-state index is 0.344. The maximum atomic E-state index is 10.1. The average Bonchev–Trinajstić information content (AvgIpc) is 2.16. The van der Waals surface area contributed by atoms with Crippen LogP contribution in [-0.2, 0) is 9.53 Å². The Hall–Kier alpha value is -1.10. The lowest BCUT2D eigenvalue weighted by molar-refractivity contribution is -0.111. The lowest BCUT2D eigenvalue weighted by Crippen LogP contribution is -2.28. The quantitative estimate of drug-likeness (QED) is 0.530. The van der Waals surface area contributed by atoms with Crippen LogP contribution in [0.2, 0.25) is 0 Å². The van der Waals surface area contributed by atoms with Crippen LogP contribution in [0, 0.1) is 5.92 Å². The van der Waals surface area contributed by atoms with E-state index in [0.29, 0.717) is 5.92 Å². The van der Waals surface area contributed by atoms with Gasteiger partial charge in [0.15, 0.2) is 0 Å². The number of nitrogens with one attached hydrogen (secondary N) is 1. The summed E-state index contributed by atoms with van der Waals surface area (Å²) in [6, 6.07) is 0. The molecule has 0 aromatic carbocycles. The summed E-state index contributed by atoms with van der Waals surface area (Å²) >= 11 is 0. The second-order valence-corrected chi connectivity index (χ2v) is 4.70. The number of ether oxygens (including phenoxy) is 1. The second-order valence-electron chi connectivity index (χ2n) is 4.70. The summed E-state index contributed by atoms with van der Waals surface area (Å²) in [5.41, 5.74) is -0.578. The molecule has 5 heteroatoms. The van der Waals surface area contributed by atoms with Gasteiger partial charge in [-0.2, -0.15) is 0 Å². The van der Waals surface area contributed by atoms with Crippen molar-refractivity contribution in [3.05, 3.63) is 0 Å². The topological polar surface area (TPSA) is 75.6 Å². The number of carbonyl (C=O) groups excluding carboxylic acids is 1. The zero-order valence-electron chi connectivity index (χ0n) is 10.2. The van der Waals surface area contributed by atoms with Crippen LogP contribution >= 0.6 is 0 Å². The first-order chi connectivity index (χ1) is 7.35. The Morgan fingerprint density at radius 3 is 2.06 bits per heavy atom. The molecule has 16 heavy (non-hydrogen) atoms. The number of rotatable bonds is 1. The van der Waals surface area contributed by atoms with Gasteiger partial charge in [0.1, 0.15) is 11.9 Å². The third-order valence-corrected chi connectivity index (χ3v) is 1.97. The van der Waals surface area contributed by atoms with Gasteiger partial charge in [0.2, 0.25) is 0 Å². The molecule has 0 bridgehead atoms. The van der Waals surface area contributed by atoms with Crippen LogP contribution in [0.1, 0.15) is 33.6 Å². The van der Waals surface area contributed by atoms with Crippen molar-refractivity contribution in [3.63, 3.8) is 0 Å². The Balaban J connectivity index is 0.000000281. The van der Waals surface area contributed by atoms with Gasteiger partial charge in [0.05, 0.1) is 0 Å². The molecule has 0 aromatic rings. The maximum absolute atomic E-state index is 10.1. The molecule has 2 N–H and O–H groups in total. The van der Waals surface area contributed by atoms with E-state index in [0.717, 1.165) is 32.2 Å². The molecule has 0 spiro atoms. The molecule has 0 atom stereocenters. The highest BCUT2D eigenvalue weighted by molar-refractivity contribution is 5.57. The molecule has 0 amide bonds. The summed E-state index contributed by atoms with van der Waals surface area (Å²) in [5, 5.41) is 11.2. The largest absolute Gasteiger partial charge is 0.506 e. The summed E-state index contributed by atoms with van der Waals surface area (Å²) in [6.45, 7) is 7.08. The first-order valence-electron chi connectivity index (χ1n) is 5.43. The van der Waals surface area contributed by atoms with E-state index in [9.17, 15) is 9.59 Å². The van der Waals surface area contributed by atoms with Crippen LogP contribution in [0.4, 0.5) is 4.79 Å². The number of carbonyl (C=O) groups is 2. The van der Waals surface area contributed by atoms with Crippen LogP contribution < -0.4 is 5.32 Å². The molecule has 0 radical (unpaired) electrons. The van der Waals surface area contributed by atoms with Gasteiger partial charge in [-0.3, -0.25) is 0 Å². The molecule has 1 saturated heterocycles. The van der Waals surface area contributed by atoms with E-state index in [4.69, 9.17) is 5.11 Å². The minimum atomic E-state index is -1.22. The van der Waals surface area contributed by atoms with E-state index in [1.165, 1.54) is 0 Å². The molecule has 94 valence electrons. The van der Waals surface area contributed by atoms with E-state index < -0.39 is 11.8 Å². The van der Waals surface area contributed by atoms with Crippen LogP contribution in [0.3, 0.4) is 0 Å². The third-order valence-electron chi connectivity index (χ3n) is 1.97. The molecule has 1 aliphatic rings. The number of hydrogen-bond donors (Lipinski definition) is 2. The van der Waals surface area contributed by atoms with E-state index in [2.05, 4.69) is 10.1 Å². The van der Waals surface area contributed by atoms with Crippen molar-refractivity contribution in [1.29, 1.82) is 0 Å². The van der Waals surface area contributed by atoms with Crippen molar-refractivity contribution in [2.45, 2.75) is 39.2 Å². The Labute approximate surface area is 96.2 Å². The zero-order chi connectivity index (χ0) is 12.6. The summed E-state index contributed by atoms with van der Waals surface area (Å²) in [7, 11) is 0. The predicted molar refractivity (Wildman–Crippen MR) is 60.5 cm³/mol. The Kier molecular flexibility index (Phi) is 6.72. The second kappa shape index (κ2) is 7.22. The van der Waals surface area contributed by atoms with Gasteiger partial charge < -0.3 is 20.0 Å². The monoisotopic (exact) mass is 231 g/mol. The Bertz CT molecular complexity index is 217. The van der Waals surface area contributed by atoms with Crippen LogP contribution in [0.15, 0.2) is 0 Å². The van der Waals surface area contributed by atoms with Crippen LogP contribution in [0.25, 0.3) is 0 Å². The van der Waals surface area contributed by atoms with Gasteiger partial charge in [-0.05, 0) is 46.7 Å². The average molecular weight is 231 g/mol. The standard InChI is InChI=1S/C6H11NO.C5H10O3/c8-5-6-1-3-7-4-2-6;1-5(2,3)8-4(6)7/h5-7H,1-4H2;1-3H3,(H,6,7). The van der Waals surface area contributed by atoms with Crippen molar-refractivity contribution in [3.8, 4) is 0 Å². The molecule has 1 aliphatic heterocycles.